The fourth-order valence-corrected chi connectivity index (χ4v) is 3.53. The first-order chi connectivity index (χ1) is 12.9. The van der Waals surface area contributed by atoms with Gasteiger partial charge < -0.3 is 5.32 Å². The van der Waals surface area contributed by atoms with Gasteiger partial charge in [-0.2, -0.15) is 0 Å². The van der Waals surface area contributed by atoms with E-state index in [0.717, 1.165) is 17.4 Å². The van der Waals surface area contributed by atoms with Gasteiger partial charge >= 0.3 is 0 Å². The van der Waals surface area contributed by atoms with E-state index in [0.29, 0.717) is 12.2 Å². The number of nitrogens with zero attached hydrogens (tertiary/aromatic N) is 1. The highest BCUT2D eigenvalue weighted by atomic mass is 32.2. The van der Waals surface area contributed by atoms with E-state index in [1.807, 2.05) is 18.9 Å². The minimum Gasteiger partial charge on any atom is -0.325 e. The van der Waals surface area contributed by atoms with Gasteiger partial charge in [-0.3, -0.25) is 9.69 Å². The largest absolute Gasteiger partial charge is 0.325 e. The van der Waals surface area contributed by atoms with E-state index in [9.17, 15) is 13.2 Å². The summed E-state index contributed by atoms with van der Waals surface area (Å²) >= 11 is 0. The van der Waals surface area contributed by atoms with Crippen molar-refractivity contribution in [3.63, 3.8) is 0 Å². The van der Waals surface area contributed by atoms with Crippen LogP contribution >= 0.6 is 0 Å². The summed E-state index contributed by atoms with van der Waals surface area (Å²) in [4.78, 5) is 14.5. The number of carbonyl (C=O) groups is 1. The molecule has 152 valence electrons. The van der Waals surface area contributed by atoms with Crippen LogP contribution in [0.15, 0.2) is 47.4 Å². The standard InChI is InChI=1S/C22H30N2O3S/c1-16-7-12-19(28(6,26)27)13-20(16)23-21(25)15-24(5)14-17-8-10-18(11-9-17)22(2,3)4/h7-13H,14-15H2,1-6H3,(H,23,25). The van der Waals surface area contributed by atoms with Crippen LogP contribution in [-0.4, -0.2) is 39.1 Å². The Kier molecular flexibility index (Phi) is 6.67. The van der Waals surface area contributed by atoms with Crippen LogP contribution in [-0.2, 0) is 26.6 Å². The van der Waals surface area contributed by atoms with Crippen molar-refractivity contribution in [2.45, 2.75) is 44.6 Å². The summed E-state index contributed by atoms with van der Waals surface area (Å²) in [5, 5.41) is 2.82. The van der Waals surface area contributed by atoms with Crippen molar-refractivity contribution in [3.8, 4) is 0 Å². The van der Waals surface area contributed by atoms with Gasteiger partial charge in [0.15, 0.2) is 9.84 Å². The van der Waals surface area contributed by atoms with Crippen molar-refractivity contribution in [2.24, 2.45) is 0 Å². The summed E-state index contributed by atoms with van der Waals surface area (Å²) in [5.41, 5.74) is 3.87. The molecule has 0 heterocycles. The second kappa shape index (κ2) is 8.45. The zero-order chi connectivity index (χ0) is 21.1. The van der Waals surface area contributed by atoms with Gasteiger partial charge in [-0.25, -0.2) is 8.42 Å². The first kappa shape index (κ1) is 22.1. The number of hydrogen-bond acceptors (Lipinski definition) is 4. The van der Waals surface area contributed by atoms with Crippen LogP contribution in [0, 0.1) is 6.92 Å². The molecule has 6 heteroatoms. The molecule has 5 nitrogen and oxygen atoms in total. The van der Waals surface area contributed by atoms with E-state index < -0.39 is 9.84 Å². The summed E-state index contributed by atoms with van der Waals surface area (Å²) in [5.74, 6) is -0.178. The van der Waals surface area contributed by atoms with E-state index in [1.54, 1.807) is 12.1 Å². The topological polar surface area (TPSA) is 66.5 Å². The average Bonchev–Trinajstić information content (AvgIpc) is 2.55. The third-order valence-electron chi connectivity index (χ3n) is 4.60. The van der Waals surface area contributed by atoms with Gasteiger partial charge in [0.05, 0.1) is 11.4 Å². The molecule has 0 saturated heterocycles. The molecule has 0 atom stereocenters. The summed E-state index contributed by atoms with van der Waals surface area (Å²) in [7, 11) is -1.43. The predicted molar refractivity (Wildman–Crippen MR) is 114 cm³/mol. The first-order valence-electron chi connectivity index (χ1n) is 9.25. The second-order valence-electron chi connectivity index (χ2n) is 8.42. The van der Waals surface area contributed by atoms with E-state index in [2.05, 4.69) is 50.4 Å². The van der Waals surface area contributed by atoms with Crippen molar-refractivity contribution < 1.29 is 13.2 Å². The molecular weight excluding hydrogens is 372 g/mol. The Balaban J connectivity index is 2.00. The SMILES string of the molecule is Cc1ccc(S(C)(=O)=O)cc1NC(=O)CN(C)Cc1ccc(C(C)(C)C)cc1. The van der Waals surface area contributed by atoms with Gasteiger partial charge in [0.1, 0.15) is 0 Å². The monoisotopic (exact) mass is 402 g/mol. The molecule has 0 unspecified atom stereocenters. The van der Waals surface area contributed by atoms with Gasteiger partial charge in [0.2, 0.25) is 5.91 Å². The maximum Gasteiger partial charge on any atom is 0.238 e. The summed E-state index contributed by atoms with van der Waals surface area (Å²) in [6.07, 6.45) is 1.15. The van der Waals surface area contributed by atoms with Crippen LogP contribution in [0.5, 0.6) is 0 Å². The molecule has 0 radical (unpaired) electrons. The highest BCUT2D eigenvalue weighted by Crippen LogP contribution is 2.23. The Bertz CT molecular complexity index is 943. The zero-order valence-corrected chi connectivity index (χ0v) is 18.4. The van der Waals surface area contributed by atoms with E-state index >= 15 is 0 Å². The van der Waals surface area contributed by atoms with Crippen LogP contribution < -0.4 is 5.32 Å². The number of nitrogens with one attached hydrogen (secondary N) is 1. The minimum absolute atomic E-state index is 0.114. The van der Waals surface area contributed by atoms with Crippen molar-refractivity contribution in [2.75, 3.05) is 25.2 Å². The Morgan fingerprint density at radius 1 is 1.07 bits per heavy atom. The molecule has 0 fully saturated rings. The highest BCUT2D eigenvalue weighted by Gasteiger charge is 2.15. The number of likely N-dealkylation sites (N-methyl/N-ethyl adjacent to an activating group) is 1. The minimum atomic E-state index is -3.32. The quantitative estimate of drug-likeness (QED) is 0.799. The Hall–Kier alpha value is -2.18. The van der Waals surface area contributed by atoms with Gasteiger partial charge in [0, 0.05) is 18.5 Å². The van der Waals surface area contributed by atoms with Gasteiger partial charge in [-0.1, -0.05) is 51.1 Å². The molecule has 1 amide bonds. The van der Waals surface area contributed by atoms with Crippen molar-refractivity contribution in [1.29, 1.82) is 0 Å². The van der Waals surface area contributed by atoms with Crippen molar-refractivity contribution in [1.82, 2.24) is 4.90 Å². The smallest absolute Gasteiger partial charge is 0.238 e. The lowest BCUT2D eigenvalue weighted by molar-refractivity contribution is -0.117. The van der Waals surface area contributed by atoms with Gasteiger partial charge in [-0.15, -0.1) is 0 Å². The number of anilines is 1. The molecular formula is C22H30N2O3S. The zero-order valence-electron chi connectivity index (χ0n) is 17.5. The van der Waals surface area contributed by atoms with Crippen LogP contribution in [0.3, 0.4) is 0 Å². The maximum atomic E-state index is 12.4. The number of sulfone groups is 1. The van der Waals surface area contributed by atoms with Crippen LogP contribution in [0.4, 0.5) is 5.69 Å². The molecule has 0 aromatic heterocycles. The molecule has 2 aromatic rings. The normalized spacial score (nSPS) is 12.2. The van der Waals surface area contributed by atoms with Crippen molar-refractivity contribution in [3.05, 3.63) is 59.2 Å². The number of aryl methyl sites for hydroxylation is 1. The number of amides is 1. The lowest BCUT2D eigenvalue weighted by Crippen LogP contribution is -2.30. The Labute approximate surface area is 168 Å². The molecule has 2 aromatic carbocycles. The molecule has 0 aliphatic rings. The summed E-state index contributed by atoms with van der Waals surface area (Å²) in [6, 6.07) is 13.2. The highest BCUT2D eigenvalue weighted by molar-refractivity contribution is 7.90. The molecule has 0 bridgehead atoms. The lowest BCUT2D eigenvalue weighted by Gasteiger charge is -2.20. The van der Waals surface area contributed by atoms with E-state index in [4.69, 9.17) is 0 Å². The molecule has 1 N–H and O–H groups in total. The van der Waals surface area contributed by atoms with Crippen LogP contribution in [0.1, 0.15) is 37.5 Å². The third kappa shape index (κ3) is 6.17. The van der Waals surface area contributed by atoms with Crippen molar-refractivity contribution >= 4 is 21.4 Å². The fourth-order valence-electron chi connectivity index (χ4n) is 2.88. The molecule has 2 rings (SSSR count). The Morgan fingerprint density at radius 2 is 1.68 bits per heavy atom. The third-order valence-corrected chi connectivity index (χ3v) is 5.71. The second-order valence-corrected chi connectivity index (χ2v) is 10.4. The van der Waals surface area contributed by atoms with E-state index in [1.165, 1.54) is 11.6 Å². The predicted octanol–water partition coefficient (Wildman–Crippen LogP) is 3.77. The first-order valence-corrected chi connectivity index (χ1v) is 11.1. The molecule has 0 saturated carbocycles. The number of rotatable bonds is 6. The van der Waals surface area contributed by atoms with Gasteiger partial charge in [0.25, 0.3) is 0 Å². The fraction of sp³-hybridized carbons (Fsp3) is 0.409. The summed E-state index contributed by atoms with van der Waals surface area (Å²) < 4.78 is 23.5. The molecule has 0 aliphatic heterocycles. The van der Waals surface area contributed by atoms with Gasteiger partial charge in [-0.05, 0) is 48.2 Å². The number of carbonyl (C=O) groups excluding carboxylic acids is 1. The molecule has 28 heavy (non-hydrogen) atoms. The summed E-state index contributed by atoms with van der Waals surface area (Å²) in [6.45, 7) is 9.24. The maximum absolute atomic E-state index is 12.4. The number of hydrogen-bond donors (Lipinski definition) is 1. The molecule has 0 spiro atoms. The number of benzene rings is 2. The average molecular weight is 403 g/mol. The van der Waals surface area contributed by atoms with Crippen LogP contribution in [0.25, 0.3) is 0 Å². The van der Waals surface area contributed by atoms with Crippen LogP contribution in [0.2, 0.25) is 0 Å². The molecule has 0 aliphatic carbocycles. The lowest BCUT2D eigenvalue weighted by atomic mass is 9.87. The van der Waals surface area contributed by atoms with E-state index in [-0.39, 0.29) is 22.8 Å². The Morgan fingerprint density at radius 3 is 2.21 bits per heavy atom.